The molecule has 0 N–H and O–H groups in total. The van der Waals surface area contributed by atoms with Crippen molar-refractivity contribution in [2.75, 3.05) is 11.9 Å². The topological polar surface area (TPSA) is 20.3 Å². The summed E-state index contributed by atoms with van der Waals surface area (Å²) < 4.78 is 0. The number of fused-ring (bicyclic) bond motifs is 1. The summed E-state index contributed by atoms with van der Waals surface area (Å²) in [5.41, 5.74) is 3.21. The van der Waals surface area contributed by atoms with E-state index in [4.69, 9.17) is 11.6 Å². The average Bonchev–Trinajstić information content (AvgIpc) is 2.52. The fourth-order valence-electron chi connectivity index (χ4n) is 2.15. The highest BCUT2D eigenvalue weighted by molar-refractivity contribution is 6.21. The van der Waals surface area contributed by atoms with E-state index in [0.717, 1.165) is 16.8 Å². The third-order valence-electron chi connectivity index (χ3n) is 3.23. The van der Waals surface area contributed by atoms with Crippen LogP contribution in [0.1, 0.15) is 37.3 Å². The number of carbonyl (C=O) groups excluding carboxylic acids is 1. The molecule has 0 aromatic heterocycles. The molecular formula is C14H18ClNO. The summed E-state index contributed by atoms with van der Waals surface area (Å²) in [5.74, 6) is 0.152. The molecule has 2 nitrogen and oxygen atoms in total. The molecule has 0 aliphatic carbocycles. The predicted molar refractivity (Wildman–Crippen MR) is 71.6 cm³/mol. The Morgan fingerprint density at radius 1 is 1.35 bits per heavy atom. The molecule has 1 aromatic rings. The first kappa shape index (κ1) is 12.4. The van der Waals surface area contributed by atoms with Crippen LogP contribution in [-0.2, 0) is 11.2 Å². The second-order valence-electron chi connectivity index (χ2n) is 5.75. The van der Waals surface area contributed by atoms with E-state index in [1.807, 2.05) is 19.2 Å². The van der Waals surface area contributed by atoms with Crippen molar-refractivity contribution in [1.82, 2.24) is 0 Å². The molecular weight excluding hydrogens is 234 g/mol. The second kappa shape index (κ2) is 4.02. The van der Waals surface area contributed by atoms with Gasteiger partial charge in [0.2, 0.25) is 5.91 Å². The molecule has 2 rings (SSSR count). The number of alkyl halides is 1. The van der Waals surface area contributed by atoms with Crippen molar-refractivity contribution in [2.45, 2.75) is 32.6 Å². The normalized spacial score (nSPS) is 17.2. The molecule has 17 heavy (non-hydrogen) atoms. The van der Waals surface area contributed by atoms with E-state index >= 15 is 0 Å². The third kappa shape index (κ3) is 2.19. The quantitative estimate of drug-likeness (QED) is 0.700. The molecule has 1 aromatic carbocycles. The van der Waals surface area contributed by atoms with E-state index in [-0.39, 0.29) is 16.7 Å². The SMILES string of the molecule is CN1C(=O)Cc2cc(C(Cl)C(C)(C)C)ccc21. The summed E-state index contributed by atoms with van der Waals surface area (Å²) in [6.07, 6.45) is 0.493. The summed E-state index contributed by atoms with van der Waals surface area (Å²) in [4.78, 5) is 13.3. The lowest BCUT2D eigenvalue weighted by Gasteiger charge is -2.26. The Balaban J connectivity index is 2.37. The predicted octanol–water partition coefficient (Wildman–Crippen LogP) is 3.53. The van der Waals surface area contributed by atoms with Crippen LogP contribution in [0.15, 0.2) is 18.2 Å². The van der Waals surface area contributed by atoms with Gasteiger partial charge in [-0.3, -0.25) is 4.79 Å². The van der Waals surface area contributed by atoms with Crippen LogP contribution in [0.2, 0.25) is 0 Å². The van der Waals surface area contributed by atoms with E-state index in [1.54, 1.807) is 4.90 Å². The largest absolute Gasteiger partial charge is 0.315 e. The first-order chi connectivity index (χ1) is 7.80. The highest BCUT2D eigenvalue weighted by Gasteiger charge is 2.28. The molecule has 1 aliphatic heterocycles. The highest BCUT2D eigenvalue weighted by atomic mass is 35.5. The summed E-state index contributed by atoms with van der Waals surface area (Å²) >= 11 is 6.46. The number of carbonyl (C=O) groups is 1. The van der Waals surface area contributed by atoms with Gasteiger partial charge in [0.05, 0.1) is 11.8 Å². The first-order valence-corrected chi connectivity index (χ1v) is 6.28. The van der Waals surface area contributed by atoms with Gasteiger partial charge in [-0.15, -0.1) is 11.6 Å². The second-order valence-corrected chi connectivity index (χ2v) is 6.18. The fraction of sp³-hybridized carbons (Fsp3) is 0.500. The maximum Gasteiger partial charge on any atom is 0.231 e. The van der Waals surface area contributed by atoms with Crippen molar-refractivity contribution >= 4 is 23.2 Å². The van der Waals surface area contributed by atoms with Gasteiger partial charge < -0.3 is 4.90 Å². The molecule has 3 heteroatoms. The number of rotatable bonds is 1. The molecule has 0 radical (unpaired) electrons. The average molecular weight is 252 g/mol. The van der Waals surface area contributed by atoms with Gasteiger partial charge in [0.25, 0.3) is 0 Å². The lowest BCUT2D eigenvalue weighted by molar-refractivity contribution is -0.117. The molecule has 1 atom stereocenters. The minimum absolute atomic E-state index is 0.0182. The minimum atomic E-state index is -0.0335. The number of likely N-dealkylation sites (N-methyl/N-ethyl adjacent to an activating group) is 1. The highest BCUT2D eigenvalue weighted by Crippen LogP contribution is 2.40. The molecule has 0 bridgehead atoms. The lowest BCUT2D eigenvalue weighted by atomic mass is 9.87. The summed E-state index contributed by atoms with van der Waals surface area (Å²) in [6, 6.07) is 6.09. The van der Waals surface area contributed by atoms with Crippen molar-refractivity contribution < 1.29 is 4.79 Å². The number of benzene rings is 1. The minimum Gasteiger partial charge on any atom is -0.315 e. The van der Waals surface area contributed by atoms with Crippen molar-refractivity contribution in [2.24, 2.45) is 5.41 Å². The molecule has 0 saturated heterocycles. The number of hydrogen-bond donors (Lipinski definition) is 0. The summed E-state index contributed by atoms with van der Waals surface area (Å²) in [7, 11) is 1.82. The zero-order valence-electron chi connectivity index (χ0n) is 10.7. The van der Waals surface area contributed by atoms with E-state index in [1.165, 1.54) is 0 Å². The molecule has 0 saturated carbocycles. The van der Waals surface area contributed by atoms with Gasteiger partial charge in [0.15, 0.2) is 0 Å². The zero-order valence-corrected chi connectivity index (χ0v) is 11.5. The lowest BCUT2D eigenvalue weighted by Crippen LogP contribution is -2.20. The molecule has 1 amide bonds. The molecule has 1 aliphatic rings. The number of anilines is 1. The van der Waals surface area contributed by atoms with Crippen LogP contribution in [0, 0.1) is 5.41 Å². The van der Waals surface area contributed by atoms with Crippen LogP contribution in [0.4, 0.5) is 5.69 Å². The Kier molecular flexibility index (Phi) is 2.94. The molecule has 0 spiro atoms. The van der Waals surface area contributed by atoms with Gasteiger partial charge in [-0.1, -0.05) is 32.9 Å². The molecule has 1 unspecified atom stereocenters. The molecule has 0 fully saturated rings. The zero-order chi connectivity index (χ0) is 12.8. The first-order valence-electron chi connectivity index (χ1n) is 5.84. The molecule has 1 heterocycles. The van der Waals surface area contributed by atoms with Gasteiger partial charge in [0, 0.05) is 12.7 Å². The van der Waals surface area contributed by atoms with Crippen LogP contribution >= 0.6 is 11.6 Å². The van der Waals surface area contributed by atoms with Crippen LogP contribution in [-0.4, -0.2) is 13.0 Å². The Labute approximate surface area is 108 Å². The van der Waals surface area contributed by atoms with Crippen LogP contribution < -0.4 is 4.90 Å². The summed E-state index contributed by atoms with van der Waals surface area (Å²) in [5, 5.41) is -0.0335. The maximum absolute atomic E-state index is 11.6. The monoisotopic (exact) mass is 251 g/mol. The van der Waals surface area contributed by atoms with Gasteiger partial charge >= 0.3 is 0 Å². The van der Waals surface area contributed by atoms with Crippen molar-refractivity contribution in [1.29, 1.82) is 0 Å². The van der Waals surface area contributed by atoms with Crippen molar-refractivity contribution in [3.05, 3.63) is 29.3 Å². The number of amides is 1. The van der Waals surface area contributed by atoms with Crippen molar-refractivity contribution in [3.63, 3.8) is 0 Å². The summed E-state index contributed by atoms with van der Waals surface area (Å²) in [6.45, 7) is 6.36. The van der Waals surface area contributed by atoms with E-state index in [2.05, 4.69) is 26.8 Å². The van der Waals surface area contributed by atoms with Gasteiger partial charge in [-0.25, -0.2) is 0 Å². The van der Waals surface area contributed by atoms with Gasteiger partial charge in [-0.05, 0) is 22.6 Å². The third-order valence-corrected chi connectivity index (χ3v) is 4.14. The Morgan fingerprint density at radius 2 is 2.00 bits per heavy atom. The van der Waals surface area contributed by atoms with E-state index < -0.39 is 0 Å². The standard InChI is InChI=1S/C14H18ClNO/c1-14(2,3)13(15)9-5-6-11-10(7-9)8-12(17)16(11)4/h5-7,13H,8H2,1-4H3. The molecule has 92 valence electrons. The smallest absolute Gasteiger partial charge is 0.231 e. The number of hydrogen-bond acceptors (Lipinski definition) is 1. The fourth-order valence-corrected chi connectivity index (χ4v) is 2.28. The number of nitrogens with zero attached hydrogens (tertiary/aromatic N) is 1. The number of halogens is 1. The van der Waals surface area contributed by atoms with Crippen LogP contribution in [0.25, 0.3) is 0 Å². The Hall–Kier alpha value is -1.02. The van der Waals surface area contributed by atoms with E-state index in [9.17, 15) is 4.79 Å². The Morgan fingerprint density at radius 3 is 2.59 bits per heavy atom. The Bertz CT molecular complexity index is 462. The maximum atomic E-state index is 11.6. The van der Waals surface area contributed by atoms with Gasteiger partial charge in [-0.2, -0.15) is 0 Å². The van der Waals surface area contributed by atoms with Crippen molar-refractivity contribution in [3.8, 4) is 0 Å². The van der Waals surface area contributed by atoms with Gasteiger partial charge in [0.1, 0.15) is 0 Å². The van der Waals surface area contributed by atoms with E-state index in [0.29, 0.717) is 6.42 Å². The van der Waals surface area contributed by atoms with Crippen LogP contribution in [0.5, 0.6) is 0 Å². The van der Waals surface area contributed by atoms with Crippen LogP contribution in [0.3, 0.4) is 0 Å².